The summed E-state index contributed by atoms with van der Waals surface area (Å²) < 4.78 is 0. The molecule has 1 heterocycles. The van der Waals surface area contributed by atoms with Gasteiger partial charge in [-0.2, -0.15) is 0 Å². The largest absolute Gasteiger partial charge is 0.369 e. The second-order valence-electron chi connectivity index (χ2n) is 6.85. The van der Waals surface area contributed by atoms with Crippen LogP contribution in [0, 0.1) is 5.92 Å². The van der Waals surface area contributed by atoms with Crippen LogP contribution in [0.15, 0.2) is 6.20 Å². The molecule has 4 heteroatoms. The van der Waals surface area contributed by atoms with E-state index in [-0.39, 0.29) is 0 Å². The summed E-state index contributed by atoms with van der Waals surface area (Å²) in [6.07, 6.45) is 7.46. The first kappa shape index (κ1) is 14.8. The van der Waals surface area contributed by atoms with Crippen molar-refractivity contribution < 1.29 is 0 Å². The highest BCUT2D eigenvalue weighted by Gasteiger charge is 2.26. The Labute approximate surface area is 128 Å². The molecule has 0 aromatic carbocycles. The monoisotopic (exact) mass is 288 g/mol. The molecule has 3 rings (SSSR count). The standard InChI is InChI=1S/C17H28N4/c1-4-21(11-13-5-6-13)16-10-19-17(12(2)3)20-15(16)9-18-14-7-8-14/h10,12-14,18H,4-9,11H2,1-3H3. The lowest BCUT2D eigenvalue weighted by molar-refractivity contribution is 0.649. The molecule has 0 atom stereocenters. The molecule has 2 aliphatic carbocycles. The van der Waals surface area contributed by atoms with Gasteiger partial charge in [-0.1, -0.05) is 13.8 Å². The van der Waals surface area contributed by atoms with Crippen LogP contribution in [-0.4, -0.2) is 29.1 Å². The normalized spacial score (nSPS) is 18.3. The van der Waals surface area contributed by atoms with Gasteiger partial charge < -0.3 is 10.2 Å². The van der Waals surface area contributed by atoms with E-state index in [4.69, 9.17) is 4.98 Å². The van der Waals surface area contributed by atoms with Crippen molar-refractivity contribution in [3.63, 3.8) is 0 Å². The number of nitrogens with zero attached hydrogens (tertiary/aromatic N) is 3. The molecule has 1 aromatic heterocycles. The van der Waals surface area contributed by atoms with Crippen LogP contribution in [0.3, 0.4) is 0 Å². The third-order valence-electron chi connectivity index (χ3n) is 4.41. The summed E-state index contributed by atoms with van der Waals surface area (Å²) in [6.45, 7) is 9.64. The predicted molar refractivity (Wildman–Crippen MR) is 86.6 cm³/mol. The van der Waals surface area contributed by atoms with Crippen LogP contribution in [0.4, 0.5) is 5.69 Å². The first-order valence-corrected chi connectivity index (χ1v) is 8.51. The van der Waals surface area contributed by atoms with Crippen molar-refractivity contribution in [1.82, 2.24) is 15.3 Å². The highest BCUT2D eigenvalue weighted by atomic mass is 15.2. The lowest BCUT2D eigenvalue weighted by Crippen LogP contribution is -2.29. The van der Waals surface area contributed by atoms with Crippen LogP contribution in [0.2, 0.25) is 0 Å². The number of nitrogens with one attached hydrogen (secondary N) is 1. The Morgan fingerprint density at radius 2 is 2.05 bits per heavy atom. The van der Waals surface area contributed by atoms with Crippen LogP contribution >= 0.6 is 0 Å². The maximum atomic E-state index is 4.85. The van der Waals surface area contributed by atoms with Gasteiger partial charge in [0.2, 0.25) is 0 Å². The molecule has 0 radical (unpaired) electrons. The average molecular weight is 288 g/mol. The van der Waals surface area contributed by atoms with Gasteiger partial charge in [0, 0.05) is 31.6 Å². The van der Waals surface area contributed by atoms with Gasteiger partial charge in [-0.05, 0) is 38.5 Å². The quantitative estimate of drug-likeness (QED) is 0.798. The number of hydrogen-bond donors (Lipinski definition) is 1. The molecule has 2 fully saturated rings. The van der Waals surface area contributed by atoms with Crippen molar-refractivity contribution in [3.8, 4) is 0 Å². The molecule has 21 heavy (non-hydrogen) atoms. The molecule has 2 saturated carbocycles. The highest BCUT2D eigenvalue weighted by molar-refractivity contribution is 5.49. The minimum atomic E-state index is 0.386. The fraction of sp³-hybridized carbons (Fsp3) is 0.765. The van der Waals surface area contributed by atoms with Gasteiger partial charge in [0.05, 0.1) is 17.6 Å². The molecule has 4 nitrogen and oxygen atoms in total. The van der Waals surface area contributed by atoms with Gasteiger partial charge in [0.1, 0.15) is 5.82 Å². The molecule has 0 spiro atoms. The Kier molecular flexibility index (Phi) is 4.43. The molecule has 0 amide bonds. The molecule has 1 aromatic rings. The number of rotatable bonds is 8. The average Bonchev–Trinajstić information content (AvgIpc) is 3.37. The minimum absolute atomic E-state index is 0.386. The smallest absolute Gasteiger partial charge is 0.131 e. The molecular formula is C17H28N4. The summed E-state index contributed by atoms with van der Waals surface area (Å²) in [5.74, 6) is 2.24. The number of hydrogen-bond acceptors (Lipinski definition) is 4. The second-order valence-corrected chi connectivity index (χ2v) is 6.85. The van der Waals surface area contributed by atoms with Crippen LogP contribution < -0.4 is 10.2 Å². The molecular weight excluding hydrogens is 260 g/mol. The van der Waals surface area contributed by atoms with E-state index in [0.29, 0.717) is 12.0 Å². The lowest BCUT2D eigenvalue weighted by Gasteiger charge is -2.25. The summed E-state index contributed by atoms with van der Waals surface area (Å²) in [5, 5.41) is 3.61. The fourth-order valence-electron chi connectivity index (χ4n) is 2.64. The minimum Gasteiger partial charge on any atom is -0.369 e. The molecule has 0 aliphatic heterocycles. The zero-order valence-corrected chi connectivity index (χ0v) is 13.6. The Morgan fingerprint density at radius 3 is 2.62 bits per heavy atom. The highest BCUT2D eigenvalue weighted by Crippen LogP contribution is 2.32. The van der Waals surface area contributed by atoms with Crippen molar-refractivity contribution >= 4 is 5.69 Å². The zero-order chi connectivity index (χ0) is 14.8. The number of aromatic nitrogens is 2. The molecule has 0 unspecified atom stereocenters. The zero-order valence-electron chi connectivity index (χ0n) is 13.6. The van der Waals surface area contributed by atoms with E-state index in [1.807, 2.05) is 0 Å². The Bertz CT molecular complexity index is 478. The first-order chi connectivity index (χ1) is 10.2. The summed E-state index contributed by atoms with van der Waals surface area (Å²) >= 11 is 0. The van der Waals surface area contributed by atoms with E-state index < -0.39 is 0 Å². The predicted octanol–water partition coefficient (Wildman–Crippen LogP) is 3.09. The first-order valence-electron chi connectivity index (χ1n) is 8.51. The van der Waals surface area contributed by atoms with Crippen molar-refractivity contribution in [3.05, 3.63) is 17.7 Å². The van der Waals surface area contributed by atoms with Crippen LogP contribution in [-0.2, 0) is 6.54 Å². The van der Waals surface area contributed by atoms with Crippen molar-refractivity contribution in [1.29, 1.82) is 0 Å². The Balaban J connectivity index is 1.80. The van der Waals surface area contributed by atoms with Crippen LogP contribution in [0.1, 0.15) is 63.9 Å². The van der Waals surface area contributed by atoms with Gasteiger partial charge in [-0.15, -0.1) is 0 Å². The third kappa shape index (κ3) is 3.94. The van der Waals surface area contributed by atoms with E-state index in [1.54, 1.807) is 0 Å². The van der Waals surface area contributed by atoms with Crippen molar-refractivity contribution in [2.24, 2.45) is 5.92 Å². The Morgan fingerprint density at radius 1 is 1.29 bits per heavy atom. The fourth-order valence-corrected chi connectivity index (χ4v) is 2.64. The van der Waals surface area contributed by atoms with Crippen molar-refractivity contribution in [2.45, 2.75) is 65.0 Å². The van der Waals surface area contributed by atoms with E-state index in [1.165, 1.54) is 37.1 Å². The Hall–Kier alpha value is -1.16. The van der Waals surface area contributed by atoms with Gasteiger partial charge in [-0.3, -0.25) is 0 Å². The maximum absolute atomic E-state index is 4.85. The summed E-state index contributed by atoms with van der Waals surface area (Å²) in [7, 11) is 0. The summed E-state index contributed by atoms with van der Waals surface area (Å²) in [6, 6.07) is 0.717. The maximum Gasteiger partial charge on any atom is 0.131 e. The number of anilines is 1. The molecule has 0 bridgehead atoms. The second kappa shape index (κ2) is 6.30. The molecule has 116 valence electrons. The van der Waals surface area contributed by atoms with E-state index >= 15 is 0 Å². The van der Waals surface area contributed by atoms with E-state index in [9.17, 15) is 0 Å². The van der Waals surface area contributed by atoms with Crippen LogP contribution in [0.5, 0.6) is 0 Å². The van der Waals surface area contributed by atoms with Gasteiger partial charge in [-0.25, -0.2) is 9.97 Å². The molecule has 1 N–H and O–H groups in total. The van der Waals surface area contributed by atoms with E-state index in [0.717, 1.165) is 31.4 Å². The SMILES string of the molecule is CCN(CC1CC1)c1cnc(C(C)C)nc1CNC1CC1. The van der Waals surface area contributed by atoms with E-state index in [2.05, 4.69) is 42.2 Å². The lowest BCUT2D eigenvalue weighted by atomic mass is 10.2. The third-order valence-corrected chi connectivity index (χ3v) is 4.41. The summed E-state index contributed by atoms with van der Waals surface area (Å²) in [4.78, 5) is 11.9. The molecule has 0 saturated heterocycles. The topological polar surface area (TPSA) is 41.1 Å². The summed E-state index contributed by atoms with van der Waals surface area (Å²) in [5.41, 5.74) is 2.42. The van der Waals surface area contributed by atoms with Gasteiger partial charge in [0.25, 0.3) is 0 Å². The van der Waals surface area contributed by atoms with Gasteiger partial charge in [0.15, 0.2) is 0 Å². The molecule has 2 aliphatic rings. The van der Waals surface area contributed by atoms with Crippen molar-refractivity contribution in [2.75, 3.05) is 18.0 Å². The van der Waals surface area contributed by atoms with Crippen LogP contribution in [0.25, 0.3) is 0 Å². The van der Waals surface area contributed by atoms with Gasteiger partial charge >= 0.3 is 0 Å².